The summed E-state index contributed by atoms with van der Waals surface area (Å²) in [6.07, 6.45) is 1.35. The van der Waals surface area contributed by atoms with Crippen LogP contribution in [-0.2, 0) is 9.31 Å². The Bertz CT molecular complexity index is 489. The standard InChI is InChI=1S/C12H16BF2NO2.C4H10.C3H8/c1-11(2)12(3,4)18-13(17-11)9-5-8(10(14)15)6-16-7-9;1-4(2)3;1-3-2/h5-7,10H,1-4H3;4H,1-3H3;3H2,1-2H3. The Morgan fingerprint density at radius 2 is 1.40 bits per heavy atom. The average Bonchev–Trinajstić information content (AvgIpc) is 2.68. The molecule has 0 atom stereocenters. The molecular weight excluding hydrogens is 323 g/mol. The molecule has 1 aliphatic rings. The Balaban J connectivity index is 0.000000708. The first-order valence-electron chi connectivity index (χ1n) is 8.96. The van der Waals surface area contributed by atoms with Gasteiger partial charge < -0.3 is 9.31 Å². The minimum absolute atomic E-state index is 0.123. The fourth-order valence-corrected chi connectivity index (χ4v) is 1.70. The van der Waals surface area contributed by atoms with Gasteiger partial charge in [0.1, 0.15) is 0 Å². The maximum absolute atomic E-state index is 12.6. The third-order valence-corrected chi connectivity index (χ3v) is 3.56. The highest BCUT2D eigenvalue weighted by atomic mass is 19.3. The molecular formula is C19H34BF2NO2. The summed E-state index contributed by atoms with van der Waals surface area (Å²) in [4.78, 5) is 3.81. The number of hydrogen-bond acceptors (Lipinski definition) is 3. The van der Waals surface area contributed by atoms with Gasteiger partial charge in [-0.3, -0.25) is 4.98 Å². The molecule has 0 N–H and O–H groups in total. The highest BCUT2D eigenvalue weighted by molar-refractivity contribution is 6.62. The van der Waals surface area contributed by atoms with Crippen LogP contribution in [0.3, 0.4) is 0 Å². The van der Waals surface area contributed by atoms with Crippen molar-refractivity contribution >= 4 is 12.6 Å². The smallest absolute Gasteiger partial charge is 0.399 e. The third kappa shape index (κ3) is 7.82. The van der Waals surface area contributed by atoms with E-state index in [1.807, 2.05) is 27.7 Å². The van der Waals surface area contributed by atoms with Gasteiger partial charge in [-0.05, 0) is 33.6 Å². The van der Waals surface area contributed by atoms with Gasteiger partial charge in [0.05, 0.1) is 11.2 Å². The summed E-state index contributed by atoms with van der Waals surface area (Å²) in [6, 6.07) is 1.37. The van der Waals surface area contributed by atoms with Crippen LogP contribution in [0.1, 0.15) is 80.7 Å². The molecule has 3 nitrogen and oxygen atoms in total. The first kappa shape index (κ1) is 24.0. The zero-order valence-electron chi connectivity index (χ0n) is 17.2. The second kappa shape index (κ2) is 10.2. The van der Waals surface area contributed by atoms with E-state index in [1.54, 1.807) is 0 Å². The lowest BCUT2D eigenvalue weighted by atomic mass is 9.80. The summed E-state index contributed by atoms with van der Waals surface area (Å²) >= 11 is 0. The van der Waals surface area contributed by atoms with E-state index in [0.29, 0.717) is 5.46 Å². The second-order valence-corrected chi connectivity index (χ2v) is 7.88. The highest BCUT2D eigenvalue weighted by Crippen LogP contribution is 2.36. The number of alkyl halides is 2. The van der Waals surface area contributed by atoms with Crippen LogP contribution in [-0.4, -0.2) is 23.3 Å². The monoisotopic (exact) mass is 357 g/mol. The zero-order valence-corrected chi connectivity index (χ0v) is 17.2. The predicted molar refractivity (Wildman–Crippen MR) is 101 cm³/mol. The van der Waals surface area contributed by atoms with Gasteiger partial charge in [0, 0.05) is 23.4 Å². The molecule has 1 fully saturated rings. The Kier molecular flexibility index (Phi) is 9.81. The first-order chi connectivity index (χ1) is 11.4. The van der Waals surface area contributed by atoms with E-state index in [2.05, 4.69) is 39.6 Å². The zero-order chi connectivity index (χ0) is 19.8. The normalized spacial score (nSPS) is 17.7. The van der Waals surface area contributed by atoms with Gasteiger partial charge in [0.2, 0.25) is 0 Å². The van der Waals surface area contributed by atoms with Crippen LogP contribution >= 0.6 is 0 Å². The van der Waals surface area contributed by atoms with Crippen LogP contribution in [0.25, 0.3) is 0 Å². The van der Waals surface area contributed by atoms with Crippen molar-refractivity contribution < 1.29 is 18.1 Å². The summed E-state index contributed by atoms with van der Waals surface area (Å²) < 4.78 is 36.8. The lowest BCUT2D eigenvalue weighted by molar-refractivity contribution is 0.00578. The van der Waals surface area contributed by atoms with E-state index >= 15 is 0 Å². The van der Waals surface area contributed by atoms with Crippen LogP contribution in [0.2, 0.25) is 0 Å². The number of nitrogens with zero attached hydrogens (tertiary/aromatic N) is 1. The van der Waals surface area contributed by atoms with Crippen LogP contribution < -0.4 is 5.46 Å². The molecule has 0 bridgehead atoms. The molecule has 1 aromatic rings. The summed E-state index contributed by atoms with van der Waals surface area (Å²) in [5.41, 5.74) is -0.578. The number of halogens is 2. The van der Waals surface area contributed by atoms with Crippen molar-refractivity contribution in [2.24, 2.45) is 5.92 Å². The molecule has 0 unspecified atom stereocenters. The fraction of sp³-hybridized carbons (Fsp3) is 0.737. The largest absolute Gasteiger partial charge is 0.496 e. The SMILES string of the molecule is CC(C)C.CC1(C)OB(c2cncc(C(F)F)c2)OC1(C)C.CCC. The minimum atomic E-state index is -2.54. The fourth-order valence-electron chi connectivity index (χ4n) is 1.70. The summed E-state index contributed by atoms with van der Waals surface area (Å²) in [5, 5.41) is 0. The van der Waals surface area contributed by atoms with Gasteiger partial charge >= 0.3 is 7.12 Å². The van der Waals surface area contributed by atoms with E-state index in [4.69, 9.17) is 9.31 Å². The number of pyridine rings is 1. The van der Waals surface area contributed by atoms with Crippen molar-refractivity contribution in [2.75, 3.05) is 0 Å². The molecule has 0 amide bonds. The van der Waals surface area contributed by atoms with Crippen molar-refractivity contribution in [3.8, 4) is 0 Å². The second-order valence-electron chi connectivity index (χ2n) is 7.88. The minimum Gasteiger partial charge on any atom is -0.399 e. The maximum atomic E-state index is 12.6. The third-order valence-electron chi connectivity index (χ3n) is 3.56. The Morgan fingerprint density at radius 1 is 1.00 bits per heavy atom. The molecule has 1 saturated heterocycles. The Labute approximate surface area is 152 Å². The Hall–Kier alpha value is -1.01. The molecule has 2 rings (SSSR count). The molecule has 0 spiro atoms. The molecule has 25 heavy (non-hydrogen) atoms. The highest BCUT2D eigenvalue weighted by Gasteiger charge is 2.51. The number of aromatic nitrogens is 1. The van der Waals surface area contributed by atoms with Crippen molar-refractivity contribution in [2.45, 2.75) is 86.4 Å². The van der Waals surface area contributed by atoms with Gasteiger partial charge in [-0.1, -0.05) is 47.1 Å². The lowest BCUT2D eigenvalue weighted by Gasteiger charge is -2.32. The van der Waals surface area contributed by atoms with Gasteiger partial charge in [-0.25, -0.2) is 8.78 Å². The van der Waals surface area contributed by atoms with Crippen molar-refractivity contribution in [3.05, 3.63) is 24.0 Å². The lowest BCUT2D eigenvalue weighted by Crippen LogP contribution is -2.41. The molecule has 0 saturated carbocycles. The van der Waals surface area contributed by atoms with Crippen LogP contribution in [0.15, 0.2) is 18.5 Å². The first-order valence-corrected chi connectivity index (χ1v) is 8.96. The van der Waals surface area contributed by atoms with E-state index < -0.39 is 24.7 Å². The summed E-state index contributed by atoms with van der Waals surface area (Å²) in [7, 11) is -0.652. The number of rotatable bonds is 2. The molecule has 0 radical (unpaired) electrons. The van der Waals surface area contributed by atoms with Gasteiger partial charge in [-0.2, -0.15) is 0 Å². The maximum Gasteiger partial charge on any atom is 0.496 e. The van der Waals surface area contributed by atoms with Crippen LogP contribution in [0, 0.1) is 5.92 Å². The number of hydrogen-bond donors (Lipinski definition) is 0. The molecule has 1 aliphatic heterocycles. The van der Waals surface area contributed by atoms with Crippen molar-refractivity contribution in [1.82, 2.24) is 4.98 Å². The van der Waals surface area contributed by atoms with Gasteiger partial charge in [-0.15, -0.1) is 0 Å². The van der Waals surface area contributed by atoms with Crippen molar-refractivity contribution in [1.29, 1.82) is 0 Å². The van der Waals surface area contributed by atoms with Crippen molar-refractivity contribution in [3.63, 3.8) is 0 Å². The van der Waals surface area contributed by atoms with E-state index in [9.17, 15) is 8.78 Å². The predicted octanol–water partition coefficient (Wildman–Crippen LogP) is 5.40. The van der Waals surface area contributed by atoms with Crippen LogP contribution in [0.5, 0.6) is 0 Å². The van der Waals surface area contributed by atoms with E-state index in [0.717, 1.165) is 12.1 Å². The quantitative estimate of drug-likeness (QED) is 0.665. The molecule has 0 aromatic carbocycles. The topological polar surface area (TPSA) is 31.4 Å². The average molecular weight is 357 g/mol. The molecule has 144 valence electrons. The molecule has 6 heteroatoms. The molecule has 0 aliphatic carbocycles. The van der Waals surface area contributed by atoms with E-state index in [-0.39, 0.29) is 5.56 Å². The van der Waals surface area contributed by atoms with Gasteiger partial charge in [0.25, 0.3) is 6.43 Å². The van der Waals surface area contributed by atoms with Gasteiger partial charge in [0.15, 0.2) is 0 Å². The van der Waals surface area contributed by atoms with Crippen LogP contribution in [0.4, 0.5) is 8.78 Å². The molecule has 2 heterocycles. The summed E-state index contributed by atoms with van der Waals surface area (Å²) in [6.45, 7) is 18.4. The van der Waals surface area contributed by atoms with E-state index in [1.165, 1.54) is 18.7 Å². The Morgan fingerprint density at radius 3 is 1.76 bits per heavy atom. The molecule has 1 aromatic heterocycles. The summed E-state index contributed by atoms with van der Waals surface area (Å²) in [5.74, 6) is 0.833.